The molecule has 5 heteroatoms. The molecule has 92 valence electrons. The average molecular weight is 235 g/mol. The Morgan fingerprint density at radius 2 is 2.24 bits per heavy atom. The van der Waals surface area contributed by atoms with Crippen LogP contribution in [0.4, 0.5) is 0 Å². The van der Waals surface area contributed by atoms with Gasteiger partial charge < -0.3 is 10.0 Å². The van der Waals surface area contributed by atoms with Gasteiger partial charge in [0.2, 0.25) is 0 Å². The minimum Gasteiger partial charge on any atom is -0.391 e. The lowest BCUT2D eigenvalue weighted by atomic mass is 10.2. The molecular formula is C12H17N3O2. The molecule has 2 aliphatic rings. The third-order valence-corrected chi connectivity index (χ3v) is 3.58. The number of likely N-dealkylation sites (tertiary alicyclic amines) is 1. The third kappa shape index (κ3) is 1.95. The monoisotopic (exact) mass is 235 g/mol. The summed E-state index contributed by atoms with van der Waals surface area (Å²) < 4.78 is 1.82. The van der Waals surface area contributed by atoms with Crippen LogP contribution >= 0.6 is 0 Å². The van der Waals surface area contributed by atoms with E-state index in [1.54, 1.807) is 4.90 Å². The Hall–Kier alpha value is -1.36. The fraction of sp³-hybridized carbons (Fsp3) is 0.667. The molecule has 1 saturated carbocycles. The number of aryl methyl sites for hydroxylation is 1. The van der Waals surface area contributed by atoms with Crippen LogP contribution in [-0.4, -0.2) is 44.9 Å². The van der Waals surface area contributed by atoms with E-state index in [1.807, 2.05) is 17.8 Å². The third-order valence-electron chi connectivity index (χ3n) is 3.58. The van der Waals surface area contributed by atoms with Crippen LogP contribution in [0.3, 0.4) is 0 Å². The average Bonchev–Trinajstić information content (AvgIpc) is 2.94. The molecule has 0 unspecified atom stereocenters. The summed E-state index contributed by atoms with van der Waals surface area (Å²) >= 11 is 0. The molecule has 1 amide bonds. The fourth-order valence-electron chi connectivity index (χ4n) is 2.44. The summed E-state index contributed by atoms with van der Waals surface area (Å²) in [5.74, 6) is 0.544. The Morgan fingerprint density at radius 1 is 1.47 bits per heavy atom. The zero-order valence-corrected chi connectivity index (χ0v) is 9.96. The van der Waals surface area contributed by atoms with E-state index in [4.69, 9.17) is 0 Å². The summed E-state index contributed by atoms with van der Waals surface area (Å²) in [6.07, 6.45) is 2.71. The number of amides is 1. The van der Waals surface area contributed by atoms with Crippen molar-refractivity contribution in [3.8, 4) is 0 Å². The number of carbonyl (C=O) groups is 1. The van der Waals surface area contributed by atoms with Gasteiger partial charge in [-0.1, -0.05) is 0 Å². The van der Waals surface area contributed by atoms with Gasteiger partial charge in [-0.3, -0.25) is 9.48 Å². The van der Waals surface area contributed by atoms with Crippen molar-refractivity contribution in [3.63, 3.8) is 0 Å². The molecule has 0 aromatic carbocycles. The number of hydrogen-bond acceptors (Lipinski definition) is 3. The Balaban J connectivity index is 1.79. The summed E-state index contributed by atoms with van der Waals surface area (Å²) in [7, 11) is 1.89. The zero-order chi connectivity index (χ0) is 12.0. The van der Waals surface area contributed by atoms with Crippen LogP contribution in [0.25, 0.3) is 0 Å². The van der Waals surface area contributed by atoms with Gasteiger partial charge in [-0.15, -0.1) is 0 Å². The first kappa shape index (κ1) is 10.8. The lowest BCUT2D eigenvalue weighted by Crippen LogP contribution is -2.29. The Morgan fingerprint density at radius 3 is 2.82 bits per heavy atom. The second kappa shape index (κ2) is 3.84. The second-order valence-corrected chi connectivity index (χ2v) is 5.05. The van der Waals surface area contributed by atoms with Crippen molar-refractivity contribution in [2.24, 2.45) is 7.05 Å². The highest BCUT2D eigenvalue weighted by Gasteiger charge is 2.31. The lowest BCUT2D eigenvalue weighted by Gasteiger charge is -2.13. The van der Waals surface area contributed by atoms with Crippen molar-refractivity contribution in [3.05, 3.63) is 17.5 Å². The normalized spacial score (nSPS) is 24.4. The summed E-state index contributed by atoms with van der Waals surface area (Å²) in [5.41, 5.74) is 1.68. The maximum atomic E-state index is 12.1. The van der Waals surface area contributed by atoms with Gasteiger partial charge in [0.25, 0.3) is 5.91 Å². The number of rotatable bonds is 2. The van der Waals surface area contributed by atoms with Crippen LogP contribution in [0.2, 0.25) is 0 Å². The SMILES string of the molecule is Cn1nc(C(=O)N2CC[C@H](O)C2)cc1C1CC1. The molecule has 1 N–H and O–H groups in total. The van der Waals surface area contributed by atoms with E-state index < -0.39 is 0 Å². The van der Waals surface area contributed by atoms with Crippen LogP contribution in [-0.2, 0) is 7.05 Å². The van der Waals surface area contributed by atoms with Gasteiger partial charge in [-0.25, -0.2) is 0 Å². The van der Waals surface area contributed by atoms with Crippen molar-refractivity contribution in [1.82, 2.24) is 14.7 Å². The maximum absolute atomic E-state index is 12.1. The predicted molar refractivity (Wildman–Crippen MR) is 61.7 cm³/mol. The zero-order valence-electron chi connectivity index (χ0n) is 9.96. The van der Waals surface area contributed by atoms with Crippen LogP contribution in [0, 0.1) is 0 Å². The van der Waals surface area contributed by atoms with Gasteiger partial charge in [0.15, 0.2) is 5.69 Å². The quantitative estimate of drug-likeness (QED) is 0.812. The van der Waals surface area contributed by atoms with Crippen LogP contribution in [0.15, 0.2) is 6.07 Å². The summed E-state index contributed by atoms with van der Waals surface area (Å²) in [4.78, 5) is 13.8. The number of hydrogen-bond donors (Lipinski definition) is 1. The molecular weight excluding hydrogens is 218 g/mol. The standard InChI is InChI=1S/C12H17N3O2/c1-14-11(8-2-3-8)6-10(13-14)12(17)15-5-4-9(16)7-15/h6,8-9,16H,2-5,7H2,1H3/t9-/m0/s1. The number of β-amino-alcohol motifs (C(OH)–C–C–N with tert-alkyl or cyclic N) is 1. The van der Waals surface area contributed by atoms with Gasteiger partial charge in [-0.05, 0) is 25.3 Å². The van der Waals surface area contributed by atoms with E-state index in [1.165, 1.54) is 12.8 Å². The van der Waals surface area contributed by atoms with Gasteiger partial charge >= 0.3 is 0 Å². The highest BCUT2D eigenvalue weighted by atomic mass is 16.3. The number of carbonyl (C=O) groups excluding carboxylic acids is 1. The summed E-state index contributed by atoms with van der Waals surface area (Å²) in [6, 6.07) is 1.91. The molecule has 17 heavy (non-hydrogen) atoms. The molecule has 1 aromatic rings. The first-order chi connectivity index (χ1) is 8.15. The van der Waals surface area contributed by atoms with E-state index >= 15 is 0 Å². The van der Waals surface area contributed by atoms with Gasteiger partial charge in [0.1, 0.15) is 0 Å². The lowest BCUT2D eigenvalue weighted by molar-refractivity contribution is 0.0758. The number of aliphatic hydroxyl groups excluding tert-OH is 1. The van der Waals surface area contributed by atoms with E-state index in [2.05, 4.69) is 5.10 Å². The first-order valence-electron chi connectivity index (χ1n) is 6.16. The van der Waals surface area contributed by atoms with Gasteiger partial charge in [-0.2, -0.15) is 5.10 Å². The number of aromatic nitrogens is 2. The minimum absolute atomic E-state index is 0.0518. The molecule has 1 saturated heterocycles. The van der Waals surface area contributed by atoms with Crippen molar-refractivity contribution < 1.29 is 9.90 Å². The van der Waals surface area contributed by atoms with E-state index in [0.29, 0.717) is 31.1 Å². The first-order valence-corrected chi connectivity index (χ1v) is 6.16. The topological polar surface area (TPSA) is 58.4 Å². The van der Waals surface area contributed by atoms with Crippen LogP contribution < -0.4 is 0 Å². The molecule has 1 aromatic heterocycles. The van der Waals surface area contributed by atoms with Crippen LogP contribution in [0.5, 0.6) is 0 Å². The molecule has 0 radical (unpaired) electrons. The molecule has 0 bridgehead atoms. The molecule has 1 aliphatic carbocycles. The van der Waals surface area contributed by atoms with E-state index in [-0.39, 0.29) is 12.0 Å². The highest BCUT2D eigenvalue weighted by molar-refractivity contribution is 5.92. The molecule has 0 spiro atoms. The molecule has 1 aliphatic heterocycles. The van der Waals surface area contributed by atoms with E-state index in [9.17, 15) is 9.90 Å². The van der Waals surface area contributed by atoms with Crippen molar-refractivity contribution in [2.75, 3.05) is 13.1 Å². The second-order valence-electron chi connectivity index (χ2n) is 5.05. The fourth-order valence-corrected chi connectivity index (χ4v) is 2.44. The summed E-state index contributed by atoms with van der Waals surface area (Å²) in [5, 5.41) is 13.7. The maximum Gasteiger partial charge on any atom is 0.274 e. The number of aliphatic hydroxyl groups is 1. The van der Waals surface area contributed by atoms with Crippen molar-refractivity contribution in [1.29, 1.82) is 0 Å². The molecule has 5 nitrogen and oxygen atoms in total. The Labute approximate surface area is 100 Å². The van der Waals surface area contributed by atoms with Crippen molar-refractivity contribution in [2.45, 2.75) is 31.3 Å². The minimum atomic E-state index is -0.370. The largest absolute Gasteiger partial charge is 0.391 e. The highest BCUT2D eigenvalue weighted by Crippen LogP contribution is 2.40. The summed E-state index contributed by atoms with van der Waals surface area (Å²) in [6.45, 7) is 1.07. The smallest absolute Gasteiger partial charge is 0.274 e. The van der Waals surface area contributed by atoms with Crippen LogP contribution in [0.1, 0.15) is 41.4 Å². The number of nitrogens with zero attached hydrogens (tertiary/aromatic N) is 3. The predicted octanol–water partition coefficient (Wildman–Crippen LogP) is 0.504. The van der Waals surface area contributed by atoms with Crippen molar-refractivity contribution >= 4 is 5.91 Å². The molecule has 2 fully saturated rings. The molecule has 2 heterocycles. The van der Waals surface area contributed by atoms with Gasteiger partial charge in [0, 0.05) is 31.7 Å². The Bertz CT molecular complexity index is 451. The van der Waals surface area contributed by atoms with E-state index in [0.717, 1.165) is 5.69 Å². The van der Waals surface area contributed by atoms with Gasteiger partial charge in [0.05, 0.1) is 6.10 Å². The molecule has 3 rings (SSSR count). The Kier molecular flexibility index (Phi) is 2.43. The molecule has 1 atom stereocenters.